The van der Waals surface area contributed by atoms with Gasteiger partial charge in [-0.1, -0.05) is 12.1 Å². The van der Waals surface area contributed by atoms with E-state index in [0.717, 1.165) is 30.3 Å². The lowest BCUT2D eigenvalue weighted by molar-refractivity contribution is -0.130. The zero-order chi connectivity index (χ0) is 15.5. The number of hydrogen-bond acceptors (Lipinski definition) is 4. The quantitative estimate of drug-likeness (QED) is 0.852. The van der Waals surface area contributed by atoms with Crippen LogP contribution in [0.3, 0.4) is 0 Å². The van der Waals surface area contributed by atoms with Crippen molar-refractivity contribution in [1.82, 2.24) is 4.90 Å². The maximum Gasteiger partial charge on any atom is 0.267 e. The number of hydrogen-bond donors (Lipinski definition) is 0. The third-order valence-corrected chi connectivity index (χ3v) is 4.93. The summed E-state index contributed by atoms with van der Waals surface area (Å²) in [7, 11) is 0. The molecule has 5 nitrogen and oxygen atoms in total. The number of thioether (sulfide) groups is 1. The molecule has 3 rings (SSSR count). The third-order valence-electron chi connectivity index (χ3n) is 3.99. The molecule has 0 radical (unpaired) electrons. The van der Waals surface area contributed by atoms with Crippen molar-refractivity contribution in [2.75, 3.05) is 36.0 Å². The molecule has 1 saturated heterocycles. The number of anilines is 1. The molecule has 118 valence electrons. The second kappa shape index (κ2) is 6.60. The molecular weight excluding hydrogens is 300 g/mol. The molecule has 2 amide bonds. The average molecular weight is 320 g/mol. The number of carbonyl (C=O) groups excluding carboxylic acids is 2. The molecule has 0 aliphatic carbocycles. The summed E-state index contributed by atoms with van der Waals surface area (Å²) in [5, 5.41) is 0. The van der Waals surface area contributed by atoms with Gasteiger partial charge in [-0.25, -0.2) is 0 Å². The zero-order valence-electron chi connectivity index (χ0n) is 12.7. The highest BCUT2D eigenvalue weighted by Crippen LogP contribution is 2.33. The minimum absolute atomic E-state index is 0.0827. The molecule has 0 spiro atoms. The Labute approximate surface area is 134 Å². The smallest absolute Gasteiger partial charge is 0.267 e. The van der Waals surface area contributed by atoms with Gasteiger partial charge in [-0.2, -0.15) is 11.8 Å². The van der Waals surface area contributed by atoms with Gasteiger partial charge in [0.05, 0.1) is 5.69 Å². The second-order valence-corrected chi connectivity index (χ2v) is 6.69. The highest BCUT2D eigenvalue weighted by atomic mass is 32.2. The van der Waals surface area contributed by atoms with Crippen LogP contribution in [0.25, 0.3) is 0 Å². The maximum absolute atomic E-state index is 12.3. The summed E-state index contributed by atoms with van der Waals surface area (Å²) >= 11 is 1.88. The molecule has 1 atom stereocenters. The van der Waals surface area contributed by atoms with E-state index in [0.29, 0.717) is 18.7 Å². The monoisotopic (exact) mass is 320 g/mol. The summed E-state index contributed by atoms with van der Waals surface area (Å²) in [6.07, 6.45) is -0.145. The van der Waals surface area contributed by atoms with Gasteiger partial charge in [0.2, 0.25) is 5.91 Å². The minimum atomic E-state index is -0.503. The number of amides is 2. The molecule has 2 heterocycles. The van der Waals surface area contributed by atoms with Crippen LogP contribution in [-0.4, -0.2) is 54.0 Å². The molecule has 2 aliphatic rings. The molecule has 0 saturated carbocycles. The molecule has 0 bridgehead atoms. The lowest BCUT2D eigenvalue weighted by atomic mass is 10.1. The number of carbonyl (C=O) groups is 2. The summed E-state index contributed by atoms with van der Waals surface area (Å²) in [5.41, 5.74) is 0.757. The predicted octanol–water partition coefficient (Wildman–Crippen LogP) is 1.77. The van der Waals surface area contributed by atoms with Gasteiger partial charge >= 0.3 is 0 Å². The van der Waals surface area contributed by atoms with Crippen LogP contribution in [0.1, 0.15) is 13.3 Å². The summed E-state index contributed by atoms with van der Waals surface area (Å²) in [6.45, 7) is 3.78. The van der Waals surface area contributed by atoms with Crippen molar-refractivity contribution >= 4 is 29.3 Å². The highest BCUT2D eigenvalue weighted by Gasteiger charge is 2.31. The van der Waals surface area contributed by atoms with Crippen LogP contribution in [-0.2, 0) is 9.59 Å². The van der Waals surface area contributed by atoms with Gasteiger partial charge in [0.1, 0.15) is 5.75 Å². The van der Waals surface area contributed by atoms with E-state index in [2.05, 4.69) is 0 Å². The van der Waals surface area contributed by atoms with E-state index in [9.17, 15) is 9.59 Å². The van der Waals surface area contributed by atoms with Crippen LogP contribution in [0.5, 0.6) is 5.75 Å². The topological polar surface area (TPSA) is 49.9 Å². The van der Waals surface area contributed by atoms with Gasteiger partial charge in [-0.15, -0.1) is 0 Å². The van der Waals surface area contributed by atoms with Crippen molar-refractivity contribution < 1.29 is 14.3 Å². The molecule has 1 aromatic rings. The normalized spacial score (nSPS) is 21.3. The Kier molecular flexibility index (Phi) is 4.57. The standard InChI is InChI=1S/C16H20N2O3S/c1-12-16(20)18(13-4-2-3-5-14(13)21-12)7-6-15(19)17-8-10-22-11-9-17/h2-5,12H,6-11H2,1H3. The number of nitrogens with zero attached hydrogens (tertiary/aromatic N) is 2. The number of fused-ring (bicyclic) bond motifs is 1. The first kappa shape index (κ1) is 15.2. The number of benzene rings is 1. The highest BCUT2D eigenvalue weighted by molar-refractivity contribution is 7.99. The van der Waals surface area contributed by atoms with Crippen molar-refractivity contribution in [3.05, 3.63) is 24.3 Å². The maximum atomic E-state index is 12.3. The van der Waals surface area contributed by atoms with Crippen molar-refractivity contribution in [3.63, 3.8) is 0 Å². The van der Waals surface area contributed by atoms with Gasteiger partial charge in [0.25, 0.3) is 5.91 Å². The molecule has 1 aromatic carbocycles. The predicted molar refractivity (Wildman–Crippen MR) is 87.4 cm³/mol. The fraction of sp³-hybridized carbons (Fsp3) is 0.500. The molecule has 1 fully saturated rings. The summed E-state index contributed by atoms with van der Waals surface area (Å²) in [5.74, 6) is 2.76. The minimum Gasteiger partial charge on any atom is -0.479 e. The first-order valence-electron chi connectivity index (χ1n) is 7.59. The summed E-state index contributed by atoms with van der Waals surface area (Å²) in [4.78, 5) is 28.2. The summed E-state index contributed by atoms with van der Waals surface area (Å²) in [6, 6.07) is 7.48. The fourth-order valence-electron chi connectivity index (χ4n) is 2.77. The van der Waals surface area contributed by atoms with Gasteiger partial charge in [0, 0.05) is 37.6 Å². The van der Waals surface area contributed by atoms with Crippen LogP contribution >= 0.6 is 11.8 Å². The Bertz CT molecular complexity index is 572. The number of rotatable bonds is 3. The number of para-hydroxylation sites is 2. The van der Waals surface area contributed by atoms with E-state index in [4.69, 9.17) is 4.74 Å². The van der Waals surface area contributed by atoms with E-state index in [1.165, 1.54) is 0 Å². The molecule has 0 aromatic heterocycles. The van der Waals surface area contributed by atoms with E-state index >= 15 is 0 Å². The van der Waals surface area contributed by atoms with Crippen LogP contribution in [0.4, 0.5) is 5.69 Å². The fourth-order valence-corrected chi connectivity index (χ4v) is 3.67. The average Bonchev–Trinajstić information content (AvgIpc) is 2.56. The van der Waals surface area contributed by atoms with E-state index < -0.39 is 6.10 Å². The largest absolute Gasteiger partial charge is 0.479 e. The number of ether oxygens (including phenoxy) is 1. The van der Waals surface area contributed by atoms with E-state index in [1.54, 1.807) is 11.8 Å². The van der Waals surface area contributed by atoms with Crippen LogP contribution in [0.2, 0.25) is 0 Å². The Morgan fingerprint density at radius 2 is 2.05 bits per heavy atom. The molecule has 1 unspecified atom stereocenters. The van der Waals surface area contributed by atoms with Gasteiger partial charge < -0.3 is 14.5 Å². The lowest BCUT2D eigenvalue weighted by Crippen LogP contribution is -2.46. The second-order valence-electron chi connectivity index (χ2n) is 5.46. The Balaban J connectivity index is 1.68. The molecule has 22 heavy (non-hydrogen) atoms. The van der Waals surface area contributed by atoms with Crippen molar-refractivity contribution in [2.24, 2.45) is 0 Å². The SMILES string of the molecule is CC1Oc2ccccc2N(CCC(=O)N2CCSCC2)C1=O. The van der Waals surface area contributed by atoms with Crippen molar-refractivity contribution in [3.8, 4) is 5.75 Å². The Morgan fingerprint density at radius 3 is 2.82 bits per heavy atom. The van der Waals surface area contributed by atoms with Gasteiger partial charge in [-0.3, -0.25) is 9.59 Å². The molecule has 6 heteroatoms. The molecule has 2 aliphatic heterocycles. The van der Waals surface area contributed by atoms with Crippen molar-refractivity contribution in [1.29, 1.82) is 0 Å². The van der Waals surface area contributed by atoms with Crippen LogP contribution in [0.15, 0.2) is 24.3 Å². The Morgan fingerprint density at radius 1 is 1.32 bits per heavy atom. The lowest BCUT2D eigenvalue weighted by Gasteiger charge is -2.33. The first-order valence-corrected chi connectivity index (χ1v) is 8.75. The van der Waals surface area contributed by atoms with Gasteiger partial charge in [-0.05, 0) is 19.1 Å². The zero-order valence-corrected chi connectivity index (χ0v) is 13.5. The third kappa shape index (κ3) is 3.06. The van der Waals surface area contributed by atoms with Crippen LogP contribution in [0, 0.1) is 0 Å². The molecule has 0 N–H and O–H groups in total. The van der Waals surface area contributed by atoms with E-state index in [-0.39, 0.29) is 11.8 Å². The van der Waals surface area contributed by atoms with Crippen LogP contribution < -0.4 is 9.64 Å². The van der Waals surface area contributed by atoms with Gasteiger partial charge in [0.15, 0.2) is 6.10 Å². The molecular formula is C16H20N2O3S. The van der Waals surface area contributed by atoms with E-state index in [1.807, 2.05) is 40.9 Å². The Hall–Kier alpha value is -1.69. The first-order chi connectivity index (χ1) is 10.7. The summed E-state index contributed by atoms with van der Waals surface area (Å²) < 4.78 is 5.61. The van der Waals surface area contributed by atoms with Crippen molar-refractivity contribution in [2.45, 2.75) is 19.4 Å².